The molecule has 0 saturated heterocycles. The van der Waals surface area contributed by atoms with Crippen LogP contribution < -0.4 is 4.74 Å². The highest BCUT2D eigenvalue weighted by molar-refractivity contribution is 5.94. The topological polar surface area (TPSA) is 72.3 Å². The van der Waals surface area contributed by atoms with Crippen molar-refractivity contribution in [1.29, 1.82) is 0 Å². The standard InChI is InChI=1S/C14H14N2O3/c1-3-19-12-5-4-10(6-9(12)2)13-11(14(17)18)7-15-8-16-13/h4-8H,3H2,1-2H3,(H,17,18). The van der Waals surface area contributed by atoms with Gasteiger partial charge in [0, 0.05) is 11.8 Å². The van der Waals surface area contributed by atoms with Gasteiger partial charge in [0.25, 0.3) is 0 Å². The van der Waals surface area contributed by atoms with Crippen LogP contribution >= 0.6 is 0 Å². The van der Waals surface area contributed by atoms with Gasteiger partial charge in [-0.15, -0.1) is 0 Å². The molecule has 0 aliphatic rings. The Bertz CT molecular complexity index is 611. The summed E-state index contributed by atoms with van der Waals surface area (Å²) in [4.78, 5) is 18.9. The van der Waals surface area contributed by atoms with Gasteiger partial charge < -0.3 is 9.84 Å². The molecule has 0 atom stereocenters. The van der Waals surface area contributed by atoms with Crippen molar-refractivity contribution in [3.8, 4) is 17.0 Å². The van der Waals surface area contributed by atoms with Crippen molar-refractivity contribution in [3.05, 3.63) is 41.9 Å². The monoisotopic (exact) mass is 258 g/mol. The van der Waals surface area contributed by atoms with Crippen molar-refractivity contribution < 1.29 is 14.6 Å². The molecule has 0 fully saturated rings. The molecule has 0 amide bonds. The van der Waals surface area contributed by atoms with Crippen molar-refractivity contribution in [2.24, 2.45) is 0 Å². The first-order valence-corrected chi connectivity index (χ1v) is 5.90. The van der Waals surface area contributed by atoms with Gasteiger partial charge in [-0.3, -0.25) is 0 Å². The summed E-state index contributed by atoms with van der Waals surface area (Å²) >= 11 is 0. The SMILES string of the molecule is CCOc1ccc(-c2ncncc2C(=O)O)cc1C. The normalized spacial score (nSPS) is 10.2. The summed E-state index contributed by atoms with van der Waals surface area (Å²) in [5.74, 6) is -0.251. The van der Waals surface area contributed by atoms with Crippen molar-refractivity contribution in [2.45, 2.75) is 13.8 Å². The molecule has 19 heavy (non-hydrogen) atoms. The molecule has 1 aromatic heterocycles. The summed E-state index contributed by atoms with van der Waals surface area (Å²) in [7, 11) is 0. The van der Waals surface area contributed by atoms with Crippen LogP contribution in [-0.2, 0) is 0 Å². The lowest BCUT2D eigenvalue weighted by Crippen LogP contribution is -2.03. The number of aromatic carboxylic acids is 1. The molecule has 1 heterocycles. The number of aryl methyl sites for hydroxylation is 1. The third-order valence-corrected chi connectivity index (χ3v) is 2.69. The minimum Gasteiger partial charge on any atom is -0.494 e. The highest BCUT2D eigenvalue weighted by Gasteiger charge is 2.14. The molecule has 0 unspecified atom stereocenters. The Balaban J connectivity index is 2.48. The first-order valence-electron chi connectivity index (χ1n) is 5.90. The highest BCUT2D eigenvalue weighted by Crippen LogP contribution is 2.26. The summed E-state index contributed by atoms with van der Waals surface area (Å²) in [6.45, 7) is 4.42. The van der Waals surface area contributed by atoms with Crippen molar-refractivity contribution in [3.63, 3.8) is 0 Å². The van der Waals surface area contributed by atoms with Crippen molar-refractivity contribution in [1.82, 2.24) is 9.97 Å². The Labute approximate surface area is 110 Å². The van der Waals surface area contributed by atoms with Gasteiger partial charge in [-0.1, -0.05) is 0 Å². The smallest absolute Gasteiger partial charge is 0.339 e. The molecule has 2 rings (SSSR count). The molecule has 0 bridgehead atoms. The first-order chi connectivity index (χ1) is 9.13. The minimum atomic E-state index is -1.04. The third-order valence-electron chi connectivity index (χ3n) is 2.69. The summed E-state index contributed by atoms with van der Waals surface area (Å²) in [5, 5.41) is 9.13. The minimum absolute atomic E-state index is 0.0889. The number of carbonyl (C=O) groups is 1. The summed E-state index contributed by atoms with van der Waals surface area (Å²) in [6, 6.07) is 5.48. The lowest BCUT2D eigenvalue weighted by atomic mass is 10.0. The van der Waals surface area contributed by atoms with E-state index in [9.17, 15) is 4.79 Å². The number of benzene rings is 1. The number of hydrogen-bond acceptors (Lipinski definition) is 4. The quantitative estimate of drug-likeness (QED) is 0.912. The van der Waals surface area contributed by atoms with Gasteiger partial charge in [0.15, 0.2) is 0 Å². The Morgan fingerprint density at radius 3 is 2.84 bits per heavy atom. The van der Waals surface area contributed by atoms with Crippen LogP contribution in [-0.4, -0.2) is 27.7 Å². The summed E-state index contributed by atoms with van der Waals surface area (Å²) in [5.41, 5.74) is 2.18. The second-order valence-electron chi connectivity index (χ2n) is 4.00. The number of rotatable bonds is 4. The number of carboxylic acids is 1. The van der Waals surface area contributed by atoms with Gasteiger partial charge in [0.05, 0.1) is 12.3 Å². The van der Waals surface area contributed by atoms with E-state index in [1.165, 1.54) is 12.5 Å². The van der Waals surface area contributed by atoms with Crippen LogP contribution in [0.3, 0.4) is 0 Å². The molecule has 5 heteroatoms. The molecule has 5 nitrogen and oxygen atoms in total. The van der Waals surface area contributed by atoms with Crippen LogP contribution in [0.4, 0.5) is 0 Å². The lowest BCUT2D eigenvalue weighted by molar-refractivity contribution is 0.0697. The van der Waals surface area contributed by atoms with Crippen LogP contribution in [0.1, 0.15) is 22.8 Å². The predicted octanol–water partition coefficient (Wildman–Crippen LogP) is 2.55. The van der Waals surface area contributed by atoms with E-state index in [4.69, 9.17) is 9.84 Å². The fraction of sp³-hybridized carbons (Fsp3) is 0.214. The maximum atomic E-state index is 11.1. The molecule has 98 valence electrons. The van der Waals surface area contributed by atoms with E-state index in [-0.39, 0.29) is 5.56 Å². The van der Waals surface area contributed by atoms with E-state index in [1.807, 2.05) is 26.0 Å². The number of ether oxygens (including phenoxy) is 1. The molecular weight excluding hydrogens is 244 g/mol. The summed E-state index contributed by atoms with van der Waals surface area (Å²) in [6.07, 6.45) is 2.64. The Hall–Kier alpha value is -2.43. The zero-order chi connectivity index (χ0) is 13.8. The molecule has 0 aliphatic heterocycles. The van der Waals surface area contributed by atoms with Crippen LogP contribution in [0, 0.1) is 6.92 Å². The fourth-order valence-corrected chi connectivity index (χ4v) is 1.83. The average molecular weight is 258 g/mol. The average Bonchev–Trinajstić information content (AvgIpc) is 2.41. The molecular formula is C14H14N2O3. The van der Waals surface area contributed by atoms with Gasteiger partial charge in [0.1, 0.15) is 17.6 Å². The van der Waals surface area contributed by atoms with E-state index >= 15 is 0 Å². The number of hydrogen-bond donors (Lipinski definition) is 1. The van der Waals surface area contributed by atoms with Crippen LogP contribution in [0.15, 0.2) is 30.7 Å². The van der Waals surface area contributed by atoms with Gasteiger partial charge in [-0.2, -0.15) is 0 Å². The van der Waals surface area contributed by atoms with E-state index in [0.29, 0.717) is 12.3 Å². The van der Waals surface area contributed by atoms with Crippen LogP contribution in [0.25, 0.3) is 11.3 Å². The van der Waals surface area contributed by atoms with Gasteiger partial charge in [-0.25, -0.2) is 14.8 Å². The molecule has 0 aliphatic carbocycles. The second kappa shape index (κ2) is 5.48. The molecule has 1 aromatic carbocycles. The third kappa shape index (κ3) is 2.70. The van der Waals surface area contributed by atoms with E-state index in [2.05, 4.69) is 9.97 Å². The van der Waals surface area contributed by atoms with E-state index < -0.39 is 5.97 Å². The zero-order valence-corrected chi connectivity index (χ0v) is 10.8. The molecule has 0 radical (unpaired) electrons. The predicted molar refractivity (Wildman–Crippen MR) is 70.3 cm³/mol. The number of nitrogens with zero attached hydrogens (tertiary/aromatic N) is 2. The Morgan fingerprint density at radius 2 is 2.21 bits per heavy atom. The van der Waals surface area contributed by atoms with Crippen molar-refractivity contribution >= 4 is 5.97 Å². The highest BCUT2D eigenvalue weighted by atomic mass is 16.5. The maximum absolute atomic E-state index is 11.1. The van der Waals surface area contributed by atoms with Gasteiger partial charge in [0.2, 0.25) is 0 Å². The lowest BCUT2D eigenvalue weighted by Gasteiger charge is -2.09. The first kappa shape index (κ1) is 13.0. The molecule has 0 saturated carbocycles. The maximum Gasteiger partial charge on any atom is 0.339 e. The Kier molecular flexibility index (Phi) is 3.75. The number of carboxylic acid groups (broad SMARTS) is 1. The molecule has 0 spiro atoms. The van der Waals surface area contributed by atoms with Crippen LogP contribution in [0.2, 0.25) is 0 Å². The van der Waals surface area contributed by atoms with Crippen LogP contribution in [0.5, 0.6) is 5.75 Å². The Morgan fingerprint density at radius 1 is 1.42 bits per heavy atom. The molecule has 1 N–H and O–H groups in total. The van der Waals surface area contributed by atoms with E-state index in [1.54, 1.807) is 6.07 Å². The van der Waals surface area contributed by atoms with Gasteiger partial charge in [-0.05, 0) is 37.6 Å². The zero-order valence-electron chi connectivity index (χ0n) is 10.8. The molecule has 2 aromatic rings. The number of aromatic nitrogens is 2. The van der Waals surface area contributed by atoms with Crippen molar-refractivity contribution in [2.75, 3.05) is 6.61 Å². The summed E-state index contributed by atoms with van der Waals surface area (Å²) < 4.78 is 5.46. The second-order valence-corrected chi connectivity index (χ2v) is 4.00. The largest absolute Gasteiger partial charge is 0.494 e. The van der Waals surface area contributed by atoms with E-state index in [0.717, 1.165) is 16.9 Å². The van der Waals surface area contributed by atoms with Gasteiger partial charge >= 0.3 is 5.97 Å². The fourth-order valence-electron chi connectivity index (χ4n) is 1.83.